The average Bonchev–Trinajstić information content (AvgIpc) is 2.48. The first-order chi connectivity index (χ1) is 9.78. The molecule has 0 saturated carbocycles. The number of rotatable bonds is 4. The van der Waals surface area contributed by atoms with Crippen molar-refractivity contribution < 1.29 is 9.59 Å². The van der Waals surface area contributed by atoms with E-state index in [-0.39, 0.29) is 6.04 Å². The maximum atomic E-state index is 10.4. The summed E-state index contributed by atoms with van der Waals surface area (Å²) in [5.41, 5.74) is -0.606. The Morgan fingerprint density at radius 3 is 2.10 bits per heavy atom. The van der Waals surface area contributed by atoms with E-state index in [0.717, 1.165) is 5.69 Å². The van der Waals surface area contributed by atoms with Crippen molar-refractivity contribution in [3.05, 3.63) is 54.6 Å². The van der Waals surface area contributed by atoms with E-state index in [9.17, 15) is 9.59 Å². The standard InChI is InChI=1S/C14H10N4O2/c19-10-15-14(16-11-20)8-6-13(7-9-14)18-17-12-4-2-1-3-5-12/h1-9,13H. The van der Waals surface area contributed by atoms with Crippen molar-refractivity contribution >= 4 is 17.8 Å². The molecule has 6 nitrogen and oxygen atoms in total. The highest BCUT2D eigenvalue weighted by Crippen LogP contribution is 2.23. The number of azo groups is 1. The van der Waals surface area contributed by atoms with Gasteiger partial charge in [0.1, 0.15) is 6.04 Å². The molecule has 0 fully saturated rings. The minimum atomic E-state index is -1.34. The van der Waals surface area contributed by atoms with Gasteiger partial charge in [0, 0.05) is 0 Å². The van der Waals surface area contributed by atoms with Gasteiger partial charge < -0.3 is 0 Å². The Balaban J connectivity index is 2.13. The lowest BCUT2D eigenvalue weighted by molar-refractivity contribution is 0.543. The lowest BCUT2D eigenvalue weighted by atomic mass is 10.0. The van der Waals surface area contributed by atoms with Crippen LogP contribution < -0.4 is 0 Å². The third kappa shape index (κ3) is 3.29. The van der Waals surface area contributed by atoms with Crippen molar-refractivity contribution in [1.29, 1.82) is 0 Å². The summed E-state index contributed by atoms with van der Waals surface area (Å²) in [5.74, 6) is 0. The molecule has 0 bridgehead atoms. The summed E-state index contributed by atoms with van der Waals surface area (Å²) >= 11 is 0. The van der Waals surface area contributed by atoms with Crippen molar-refractivity contribution in [3.8, 4) is 0 Å². The molecule has 1 aromatic rings. The smallest absolute Gasteiger partial charge is 0.211 e. The van der Waals surface area contributed by atoms with Crippen LogP contribution in [0.5, 0.6) is 0 Å². The van der Waals surface area contributed by atoms with Gasteiger partial charge in [0.05, 0.1) is 5.69 Å². The molecule has 0 aliphatic heterocycles. The monoisotopic (exact) mass is 266 g/mol. The van der Waals surface area contributed by atoms with Crippen molar-refractivity contribution in [1.82, 2.24) is 0 Å². The summed E-state index contributed by atoms with van der Waals surface area (Å²) in [6.07, 6.45) is 9.02. The summed E-state index contributed by atoms with van der Waals surface area (Å²) in [4.78, 5) is 27.7. The zero-order chi connectivity index (χ0) is 14.3. The molecule has 2 rings (SSSR count). The predicted octanol–water partition coefficient (Wildman–Crippen LogP) is 2.63. The van der Waals surface area contributed by atoms with Crippen LogP contribution >= 0.6 is 0 Å². The molecule has 98 valence electrons. The van der Waals surface area contributed by atoms with Gasteiger partial charge in [0.25, 0.3) is 0 Å². The molecular weight excluding hydrogens is 256 g/mol. The molecule has 0 spiro atoms. The Morgan fingerprint density at radius 1 is 0.950 bits per heavy atom. The quantitative estimate of drug-likeness (QED) is 0.363. The number of hydrogen-bond donors (Lipinski definition) is 0. The first-order valence-electron chi connectivity index (χ1n) is 5.81. The van der Waals surface area contributed by atoms with Gasteiger partial charge in [-0.3, -0.25) is 0 Å². The number of aliphatic imine (C=N–C) groups is 2. The predicted molar refractivity (Wildman–Crippen MR) is 72.0 cm³/mol. The number of hydrogen-bond acceptors (Lipinski definition) is 6. The number of carbonyl (C=O) groups excluding carboxylic acids is 2. The fourth-order valence-electron chi connectivity index (χ4n) is 1.63. The van der Waals surface area contributed by atoms with Crippen LogP contribution in [0.15, 0.2) is 74.8 Å². The average molecular weight is 266 g/mol. The fourth-order valence-corrected chi connectivity index (χ4v) is 1.63. The molecule has 6 heteroatoms. The van der Waals surface area contributed by atoms with Crippen LogP contribution in [0, 0.1) is 0 Å². The summed E-state index contributed by atoms with van der Waals surface area (Å²) in [6, 6.07) is 8.98. The second kappa shape index (κ2) is 6.29. The highest BCUT2D eigenvalue weighted by atomic mass is 16.1. The van der Waals surface area contributed by atoms with Gasteiger partial charge in [0.15, 0.2) is 0 Å². The lowest BCUT2D eigenvalue weighted by Crippen LogP contribution is -2.21. The SMILES string of the molecule is O=C=NC1(N=C=O)C=CC(N=Nc2ccccc2)C=C1. The van der Waals surface area contributed by atoms with Gasteiger partial charge in [-0.1, -0.05) is 30.4 Å². The second-order valence-corrected chi connectivity index (χ2v) is 3.95. The summed E-state index contributed by atoms with van der Waals surface area (Å²) in [7, 11) is 0. The topological polar surface area (TPSA) is 83.6 Å². The van der Waals surface area contributed by atoms with Crippen LogP contribution in [-0.2, 0) is 9.59 Å². The molecule has 0 N–H and O–H groups in total. The van der Waals surface area contributed by atoms with E-state index in [4.69, 9.17) is 0 Å². The summed E-state index contributed by atoms with van der Waals surface area (Å²) in [6.45, 7) is 0. The first kappa shape index (κ1) is 13.5. The maximum absolute atomic E-state index is 10.4. The first-order valence-corrected chi connectivity index (χ1v) is 5.81. The van der Waals surface area contributed by atoms with E-state index >= 15 is 0 Å². The molecular formula is C14H10N4O2. The highest BCUT2D eigenvalue weighted by molar-refractivity contribution is 5.45. The molecule has 1 aliphatic carbocycles. The largest absolute Gasteiger partial charge is 0.238 e. The van der Waals surface area contributed by atoms with Crippen molar-refractivity contribution in [3.63, 3.8) is 0 Å². The van der Waals surface area contributed by atoms with Crippen molar-refractivity contribution in [2.75, 3.05) is 0 Å². The van der Waals surface area contributed by atoms with Crippen molar-refractivity contribution in [2.45, 2.75) is 11.7 Å². The molecule has 20 heavy (non-hydrogen) atoms. The molecule has 0 heterocycles. The number of nitrogens with zero attached hydrogens (tertiary/aromatic N) is 4. The molecule has 0 radical (unpaired) electrons. The molecule has 1 aliphatic rings. The Kier molecular flexibility index (Phi) is 4.24. The zero-order valence-electron chi connectivity index (χ0n) is 10.4. The van der Waals surface area contributed by atoms with Gasteiger partial charge in [-0.05, 0) is 24.3 Å². The van der Waals surface area contributed by atoms with E-state index < -0.39 is 5.66 Å². The Labute approximate surface area is 115 Å². The number of benzene rings is 1. The molecule has 0 atom stereocenters. The Morgan fingerprint density at radius 2 is 1.55 bits per heavy atom. The van der Waals surface area contributed by atoms with Crippen LogP contribution in [-0.4, -0.2) is 23.9 Å². The van der Waals surface area contributed by atoms with E-state index in [1.54, 1.807) is 12.2 Å². The zero-order valence-corrected chi connectivity index (χ0v) is 10.4. The van der Waals surface area contributed by atoms with Gasteiger partial charge >= 0.3 is 0 Å². The van der Waals surface area contributed by atoms with E-state index in [1.165, 1.54) is 24.3 Å². The Bertz CT molecular complexity index is 617. The van der Waals surface area contributed by atoms with Gasteiger partial charge in [0.2, 0.25) is 17.8 Å². The molecule has 0 saturated heterocycles. The second-order valence-electron chi connectivity index (χ2n) is 3.95. The van der Waals surface area contributed by atoms with Crippen LogP contribution in [0.25, 0.3) is 0 Å². The van der Waals surface area contributed by atoms with E-state index in [1.807, 2.05) is 30.3 Å². The van der Waals surface area contributed by atoms with Crippen LogP contribution in [0.1, 0.15) is 0 Å². The van der Waals surface area contributed by atoms with Gasteiger partial charge in [-0.25, -0.2) is 9.59 Å². The van der Waals surface area contributed by atoms with Crippen LogP contribution in [0.2, 0.25) is 0 Å². The van der Waals surface area contributed by atoms with Crippen LogP contribution in [0.3, 0.4) is 0 Å². The Hall–Kier alpha value is -2.94. The highest BCUT2D eigenvalue weighted by Gasteiger charge is 2.25. The minimum absolute atomic E-state index is 0.299. The van der Waals surface area contributed by atoms with E-state index in [2.05, 4.69) is 20.2 Å². The minimum Gasteiger partial charge on any atom is -0.211 e. The fraction of sp³-hybridized carbons (Fsp3) is 0.143. The maximum Gasteiger partial charge on any atom is 0.238 e. The molecule has 0 amide bonds. The lowest BCUT2D eigenvalue weighted by Gasteiger charge is -2.17. The van der Waals surface area contributed by atoms with E-state index in [0.29, 0.717) is 0 Å². The molecule has 0 aromatic heterocycles. The van der Waals surface area contributed by atoms with Gasteiger partial charge in [-0.15, -0.1) is 0 Å². The third-order valence-electron chi connectivity index (χ3n) is 2.59. The third-order valence-corrected chi connectivity index (χ3v) is 2.59. The van der Waals surface area contributed by atoms with Gasteiger partial charge in [-0.2, -0.15) is 20.2 Å². The normalized spacial score (nSPS) is 24.1. The summed E-state index contributed by atoms with van der Waals surface area (Å²) in [5, 5.41) is 8.19. The number of isocyanates is 2. The van der Waals surface area contributed by atoms with Crippen LogP contribution in [0.4, 0.5) is 5.69 Å². The molecule has 0 unspecified atom stereocenters. The van der Waals surface area contributed by atoms with Crippen molar-refractivity contribution in [2.24, 2.45) is 20.2 Å². The summed E-state index contributed by atoms with van der Waals surface area (Å²) < 4.78 is 0. The molecule has 1 aromatic carbocycles.